The first-order valence-corrected chi connectivity index (χ1v) is 14.7. The molecule has 1 spiro atoms. The molecule has 2 saturated heterocycles. The maximum atomic E-state index is 10.7. The predicted octanol–water partition coefficient (Wildman–Crippen LogP) is 6.46. The molecule has 0 saturated carbocycles. The van der Waals surface area contributed by atoms with Crippen LogP contribution >= 0.6 is 24.8 Å². The first-order chi connectivity index (χ1) is 20.0. The van der Waals surface area contributed by atoms with Gasteiger partial charge in [-0.05, 0) is 80.2 Å². The summed E-state index contributed by atoms with van der Waals surface area (Å²) in [5.74, 6) is 1.27. The van der Waals surface area contributed by atoms with Crippen LogP contribution in [0.15, 0.2) is 60.9 Å². The Hall–Kier alpha value is -2.91. The molecule has 2 aliphatic heterocycles. The molecule has 2 aromatic carbocycles. The Morgan fingerprint density at radius 1 is 0.977 bits per heavy atom. The molecule has 1 unspecified atom stereocenters. The summed E-state index contributed by atoms with van der Waals surface area (Å²) in [5, 5.41) is 8.83. The van der Waals surface area contributed by atoms with Gasteiger partial charge in [0.05, 0.1) is 17.9 Å². The second-order valence-electron chi connectivity index (χ2n) is 11.4. The molecule has 1 atom stereocenters. The van der Waals surface area contributed by atoms with Gasteiger partial charge in [-0.25, -0.2) is 4.98 Å². The van der Waals surface area contributed by atoms with Gasteiger partial charge in [-0.15, -0.1) is 24.8 Å². The lowest BCUT2D eigenvalue weighted by atomic mass is 9.78. The number of hydrogen-bond donors (Lipinski definition) is 1. The third-order valence-corrected chi connectivity index (χ3v) is 8.35. The van der Waals surface area contributed by atoms with Crippen molar-refractivity contribution < 1.29 is 24.1 Å². The Morgan fingerprint density at radius 3 is 2.35 bits per heavy atom. The Bertz CT molecular complexity index is 1270. The van der Waals surface area contributed by atoms with Gasteiger partial charge in [0.1, 0.15) is 12.4 Å². The van der Waals surface area contributed by atoms with E-state index in [1.165, 1.54) is 5.56 Å². The van der Waals surface area contributed by atoms with Crippen LogP contribution in [0.2, 0.25) is 0 Å². The number of ether oxygens (including phenoxy) is 3. The molecule has 234 valence electrons. The van der Waals surface area contributed by atoms with Gasteiger partial charge in [0.15, 0.2) is 0 Å². The molecule has 2 fully saturated rings. The van der Waals surface area contributed by atoms with Gasteiger partial charge < -0.3 is 19.3 Å². The molecule has 1 N–H and O–H groups in total. The van der Waals surface area contributed by atoms with Gasteiger partial charge in [0.2, 0.25) is 5.88 Å². The van der Waals surface area contributed by atoms with E-state index < -0.39 is 5.97 Å². The SMILES string of the molecule is Cc1nccnc1OCCC1CCOC2(CCN(Cc3ccc(COc4ccc(CCC(=O)O)cc4)cc3)CC2)C1.Cl.Cl. The number of aryl methyl sites for hydroxylation is 2. The van der Waals surface area contributed by atoms with Crippen molar-refractivity contribution in [3.63, 3.8) is 0 Å². The molecular weight excluding hydrogens is 589 g/mol. The zero-order valence-electron chi connectivity index (χ0n) is 24.8. The van der Waals surface area contributed by atoms with Gasteiger partial charge in [0.25, 0.3) is 0 Å². The summed E-state index contributed by atoms with van der Waals surface area (Å²) in [7, 11) is 0. The van der Waals surface area contributed by atoms with E-state index in [4.69, 9.17) is 19.3 Å². The number of benzene rings is 2. The van der Waals surface area contributed by atoms with Crippen LogP contribution in [0, 0.1) is 12.8 Å². The lowest BCUT2D eigenvalue weighted by Crippen LogP contribution is -2.49. The summed E-state index contributed by atoms with van der Waals surface area (Å²) in [6.45, 7) is 7.00. The van der Waals surface area contributed by atoms with E-state index in [1.54, 1.807) is 12.4 Å². The first-order valence-electron chi connectivity index (χ1n) is 14.7. The Morgan fingerprint density at radius 2 is 1.65 bits per heavy atom. The molecule has 8 nitrogen and oxygen atoms in total. The average Bonchev–Trinajstić information content (AvgIpc) is 2.99. The molecule has 43 heavy (non-hydrogen) atoms. The minimum atomic E-state index is -0.780. The number of aliphatic carboxylic acids is 1. The van der Waals surface area contributed by atoms with Crippen molar-refractivity contribution in [1.29, 1.82) is 0 Å². The second kappa shape index (κ2) is 16.8. The second-order valence-corrected chi connectivity index (χ2v) is 11.4. The van der Waals surface area contributed by atoms with Gasteiger partial charge in [0, 0.05) is 45.1 Å². The van der Waals surface area contributed by atoms with Crippen LogP contribution in [0.3, 0.4) is 0 Å². The molecule has 2 aliphatic rings. The smallest absolute Gasteiger partial charge is 0.303 e. The van der Waals surface area contributed by atoms with Crippen molar-refractivity contribution in [1.82, 2.24) is 14.9 Å². The van der Waals surface area contributed by atoms with Gasteiger partial charge in [-0.2, -0.15) is 0 Å². The van der Waals surface area contributed by atoms with Crippen LogP contribution in [0.5, 0.6) is 11.6 Å². The molecule has 0 aliphatic carbocycles. The van der Waals surface area contributed by atoms with Crippen LogP contribution in [0.4, 0.5) is 0 Å². The molecule has 0 amide bonds. The van der Waals surface area contributed by atoms with Gasteiger partial charge in [-0.3, -0.25) is 14.7 Å². The number of rotatable bonds is 12. The highest BCUT2D eigenvalue weighted by Gasteiger charge is 2.40. The normalized spacial score (nSPS) is 17.8. The fraction of sp³-hybridized carbons (Fsp3) is 0.485. The highest BCUT2D eigenvalue weighted by atomic mass is 35.5. The van der Waals surface area contributed by atoms with Crippen molar-refractivity contribution in [3.05, 3.63) is 83.3 Å². The molecule has 10 heteroatoms. The van der Waals surface area contributed by atoms with Crippen molar-refractivity contribution in [2.24, 2.45) is 5.92 Å². The highest BCUT2D eigenvalue weighted by molar-refractivity contribution is 5.85. The third-order valence-electron chi connectivity index (χ3n) is 8.35. The Labute approximate surface area is 267 Å². The maximum Gasteiger partial charge on any atom is 0.303 e. The monoisotopic (exact) mass is 631 g/mol. The molecule has 5 rings (SSSR count). The van der Waals surface area contributed by atoms with Gasteiger partial charge in [-0.1, -0.05) is 36.4 Å². The summed E-state index contributed by atoms with van der Waals surface area (Å²) in [6.07, 6.45) is 9.44. The molecular formula is C33H43Cl2N3O5. The van der Waals surface area contributed by atoms with E-state index in [0.717, 1.165) is 80.9 Å². The number of carboxylic acids is 1. The third kappa shape index (κ3) is 10.3. The fourth-order valence-corrected chi connectivity index (χ4v) is 5.87. The number of hydrogen-bond acceptors (Lipinski definition) is 7. The van der Waals surface area contributed by atoms with E-state index in [0.29, 0.717) is 31.4 Å². The average molecular weight is 633 g/mol. The van der Waals surface area contributed by atoms with E-state index in [2.05, 4.69) is 39.1 Å². The summed E-state index contributed by atoms with van der Waals surface area (Å²) in [4.78, 5) is 21.8. The van der Waals surface area contributed by atoms with E-state index in [9.17, 15) is 4.79 Å². The maximum absolute atomic E-state index is 10.7. The number of aromatic nitrogens is 2. The largest absolute Gasteiger partial charge is 0.489 e. The minimum absolute atomic E-state index is 0. The number of likely N-dealkylation sites (tertiary alicyclic amines) is 1. The summed E-state index contributed by atoms with van der Waals surface area (Å²) >= 11 is 0. The van der Waals surface area contributed by atoms with Crippen LogP contribution in [-0.4, -0.2) is 57.8 Å². The van der Waals surface area contributed by atoms with E-state index in [1.807, 2.05) is 31.2 Å². The topological polar surface area (TPSA) is 94.0 Å². The van der Waals surface area contributed by atoms with Crippen LogP contribution < -0.4 is 9.47 Å². The summed E-state index contributed by atoms with van der Waals surface area (Å²) < 4.78 is 18.2. The Kier molecular flexibility index (Phi) is 13.5. The standard InChI is InChI=1S/C33H41N3O5.2ClH/c1-25-32(35-17-16-34-25)39-20-12-27-13-21-41-33(22-27)14-18-36(19-15-33)23-28-2-4-29(5-3-28)24-40-30-9-6-26(7-10-30)8-11-31(37)38;;/h2-7,9-10,16-17,27H,8,11-15,18-24H2,1H3,(H,37,38);2*1H. The molecule has 1 aromatic heterocycles. The zero-order valence-corrected chi connectivity index (χ0v) is 26.4. The molecule has 3 heterocycles. The number of carbonyl (C=O) groups is 1. The lowest BCUT2D eigenvalue weighted by molar-refractivity contribution is -0.137. The fourth-order valence-electron chi connectivity index (χ4n) is 5.87. The Balaban J connectivity index is 0.00000253. The van der Waals surface area contributed by atoms with Gasteiger partial charge >= 0.3 is 5.97 Å². The van der Waals surface area contributed by atoms with Crippen LogP contribution in [0.1, 0.15) is 60.9 Å². The number of halogens is 2. The lowest BCUT2D eigenvalue weighted by Gasteiger charge is -2.46. The summed E-state index contributed by atoms with van der Waals surface area (Å²) in [6, 6.07) is 16.3. The molecule has 0 bridgehead atoms. The molecule has 3 aromatic rings. The quantitative estimate of drug-likeness (QED) is 0.243. The van der Waals surface area contributed by atoms with Crippen LogP contribution in [0.25, 0.3) is 0 Å². The van der Waals surface area contributed by atoms with Crippen molar-refractivity contribution in [2.45, 2.75) is 70.6 Å². The van der Waals surface area contributed by atoms with E-state index in [-0.39, 0.29) is 36.8 Å². The number of carboxylic acid groups (broad SMARTS) is 1. The van der Waals surface area contributed by atoms with Crippen molar-refractivity contribution in [3.8, 4) is 11.6 Å². The summed E-state index contributed by atoms with van der Waals surface area (Å²) in [5.41, 5.74) is 4.29. The first kappa shape index (κ1) is 34.6. The predicted molar refractivity (Wildman–Crippen MR) is 170 cm³/mol. The van der Waals surface area contributed by atoms with Crippen molar-refractivity contribution >= 4 is 30.8 Å². The van der Waals surface area contributed by atoms with Crippen LogP contribution in [-0.2, 0) is 29.1 Å². The van der Waals surface area contributed by atoms with E-state index >= 15 is 0 Å². The number of nitrogens with zero attached hydrogens (tertiary/aromatic N) is 3. The minimum Gasteiger partial charge on any atom is -0.489 e. The van der Waals surface area contributed by atoms with Crippen molar-refractivity contribution in [2.75, 3.05) is 26.3 Å². The molecule has 0 radical (unpaired) electrons. The zero-order chi connectivity index (χ0) is 28.5. The highest BCUT2D eigenvalue weighted by Crippen LogP contribution is 2.39. The number of piperidine rings is 1.